The van der Waals surface area contributed by atoms with E-state index in [9.17, 15) is 8.42 Å². The van der Waals surface area contributed by atoms with Crippen molar-refractivity contribution in [3.05, 3.63) is 77.3 Å². The van der Waals surface area contributed by atoms with Crippen molar-refractivity contribution in [2.45, 2.75) is 11.8 Å². The van der Waals surface area contributed by atoms with Gasteiger partial charge in [-0.3, -0.25) is 4.72 Å². The van der Waals surface area contributed by atoms with Gasteiger partial charge >= 0.3 is 0 Å². The smallest absolute Gasteiger partial charge is 0.263 e. The van der Waals surface area contributed by atoms with Crippen LogP contribution in [0.15, 0.2) is 71.6 Å². The molecule has 0 bridgehead atoms. The Hall–Kier alpha value is -3.36. The number of anilines is 3. The maximum Gasteiger partial charge on any atom is 0.263 e. The van der Waals surface area contributed by atoms with Gasteiger partial charge in [-0.2, -0.15) is 0 Å². The van der Waals surface area contributed by atoms with E-state index in [0.29, 0.717) is 27.5 Å². The Bertz CT molecular complexity index is 1380. The first-order valence-corrected chi connectivity index (χ1v) is 11.2. The van der Waals surface area contributed by atoms with Crippen molar-refractivity contribution in [1.82, 2.24) is 9.97 Å². The molecule has 9 heteroatoms. The van der Waals surface area contributed by atoms with E-state index in [2.05, 4.69) is 20.0 Å². The van der Waals surface area contributed by atoms with Gasteiger partial charge in [-0.05, 0) is 55.0 Å². The molecule has 158 valence electrons. The number of para-hydroxylation sites is 2. The minimum absolute atomic E-state index is 0.0761. The summed E-state index contributed by atoms with van der Waals surface area (Å²) in [5, 5.41) is 3.51. The third-order valence-electron chi connectivity index (χ3n) is 4.52. The quantitative estimate of drug-likeness (QED) is 0.418. The highest BCUT2D eigenvalue weighted by molar-refractivity contribution is 7.92. The number of fused-ring (bicyclic) bond motifs is 1. The van der Waals surface area contributed by atoms with E-state index in [4.69, 9.17) is 16.3 Å². The zero-order valence-electron chi connectivity index (χ0n) is 16.8. The molecule has 0 aliphatic rings. The molecule has 2 N–H and O–H groups in total. The third-order valence-corrected chi connectivity index (χ3v) is 6.15. The van der Waals surface area contributed by atoms with Gasteiger partial charge in [0.1, 0.15) is 5.75 Å². The molecule has 1 aromatic heterocycles. The zero-order chi connectivity index (χ0) is 22.0. The van der Waals surface area contributed by atoms with E-state index in [-0.39, 0.29) is 16.5 Å². The molecular weight excluding hydrogens is 436 g/mol. The topological polar surface area (TPSA) is 93.2 Å². The third kappa shape index (κ3) is 4.55. The van der Waals surface area contributed by atoms with Gasteiger partial charge in [0.25, 0.3) is 10.0 Å². The summed E-state index contributed by atoms with van der Waals surface area (Å²) < 4.78 is 33.7. The highest BCUT2D eigenvalue weighted by Crippen LogP contribution is 2.31. The first-order chi connectivity index (χ1) is 14.9. The molecule has 4 rings (SSSR count). The second kappa shape index (κ2) is 8.41. The molecule has 0 saturated carbocycles. The van der Waals surface area contributed by atoms with Gasteiger partial charge in [-0.15, -0.1) is 0 Å². The molecular formula is C22H19ClN4O3S. The van der Waals surface area contributed by atoms with Crippen molar-refractivity contribution in [2.24, 2.45) is 0 Å². The monoisotopic (exact) mass is 454 g/mol. The lowest BCUT2D eigenvalue weighted by Crippen LogP contribution is -2.16. The van der Waals surface area contributed by atoms with Crippen molar-refractivity contribution in [1.29, 1.82) is 0 Å². The number of sulfonamides is 1. The van der Waals surface area contributed by atoms with Crippen molar-refractivity contribution in [2.75, 3.05) is 17.1 Å². The number of rotatable bonds is 6. The molecule has 31 heavy (non-hydrogen) atoms. The average Bonchev–Trinajstić information content (AvgIpc) is 2.74. The first-order valence-electron chi connectivity index (χ1n) is 9.32. The number of ether oxygens (including phenoxy) is 1. The lowest BCUT2D eigenvalue weighted by Gasteiger charge is -2.14. The maximum atomic E-state index is 13.0. The fraction of sp³-hybridized carbons (Fsp3) is 0.0909. The Kier molecular flexibility index (Phi) is 5.67. The number of methoxy groups -OCH3 is 1. The maximum absolute atomic E-state index is 13.0. The summed E-state index contributed by atoms with van der Waals surface area (Å²) in [5.74, 6) is 0.848. The van der Waals surface area contributed by atoms with E-state index in [1.807, 2.05) is 25.1 Å². The van der Waals surface area contributed by atoms with Crippen LogP contribution in [-0.2, 0) is 10.0 Å². The number of nitrogens with one attached hydrogen (secondary N) is 2. The molecule has 4 aromatic rings. The average molecular weight is 455 g/mol. The van der Waals surface area contributed by atoms with Gasteiger partial charge < -0.3 is 10.1 Å². The lowest BCUT2D eigenvalue weighted by atomic mass is 10.2. The standard InChI is InChI=1S/C22H19ClN4O3S/c1-14-6-5-7-16(12-14)31(28,29)27-22-21(25-18-8-3-4-9-19(18)26-22)24-15-10-11-20(30-2)17(23)13-15/h3-13H,1-2H3,(H,24,25)(H,26,27). The van der Waals surface area contributed by atoms with Crippen LogP contribution in [-0.4, -0.2) is 25.5 Å². The molecule has 0 fully saturated rings. The summed E-state index contributed by atoms with van der Waals surface area (Å²) in [6, 6.07) is 19.0. The molecule has 0 atom stereocenters. The van der Waals surface area contributed by atoms with E-state index in [0.717, 1.165) is 5.56 Å². The minimum Gasteiger partial charge on any atom is -0.495 e. The molecule has 0 saturated heterocycles. The number of nitrogens with zero attached hydrogens (tertiary/aromatic N) is 2. The summed E-state index contributed by atoms with van der Waals surface area (Å²) in [5.41, 5.74) is 2.61. The van der Waals surface area contributed by atoms with Gasteiger partial charge in [0, 0.05) is 5.69 Å². The summed E-state index contributed by atoms with van der Waals surface area (Å²) in [6.07, 6.45) is 0. The van der Waals surface area contributed by atoms with Gasteiger partial charge in [0.05, 0.1) is 28.1 Å². The van der Waals surface area contributed by atoms with Crippen LogP contribution < -0.4 is 14.8 Å². The molecule has 0 aliphatic heterocycles. The first kappa shape index (κ1) is 20.9. The van der Waals surface area contributed by atoms with Crippen LogP contribution in [0.5, 0.6) is 5.75 Å². The van der Waals surface area contributed by atoms with Crippen LogP contribution in [0.25, 0.3) is 11.0 Å². The van der Waals surface area contributed by atoms with Crippen molar-refractivity contribution >= 4 is 50.0 Å². The number of halogens is 1. The Labute approximate surface area is 185 Å². The minimum atomic E-state index is -3.88. The fourth-order valence-corrected chi connectivity index (χ4v) is 4.38. The zero-order valence-corrected chi connectivity index (χ0v) is 18.3. The molecule has 0 aliphatic carbocycles. The van der Waals surface area contributed by atoms with Crippen LogP contribution in [0, 0.1) is 6.92 Å². The second-order valence-electron chi connectivity index (χ2n) is 6.81. The molecule has 0 radical (unpaired) electrons. The number of aryl methyl sites for hydroxylation is 1. The number of aromatic nitrogens is 2. The summed E-state index contributed by atoms with van der Waals surface area (Å²) in [4.78, 5) is 9.19. The second-order valence-corrected chi connectivity index (χ2v) is 8.90. The number of hydrogen-bond donors (Lipinski definition) is 2. The molecule has 1 heterocycles. The molecule has 0 amide bonds. The summed E-state index contributed by atoms with van der Waals surface area (Å²) >= 11 is 6.22. The fourth-order valence-electron chi connectivity index (χ4n) is 3.01. The van der Waals surface area contributed by atoms with E-state index < -0.39 is 10.0 Å². The highest BCUT2D eigenvalue weighted by Gasteiger charge is 2.19. The van der Waals surface area contributed by atoms with Crippen LogP contribution in [0.3, 0.4) is 0 Å². The molecule has 0 unspecified atom stereocenters. The Morgan fingerprint density at radius 2 is 1.61 bits per heavy atom. The van der Waals surface area contributed by atoms with E-state index in [1.54, 1.807) is 42.5 Å². The lowest BCUT2D eigenvalue weighted by molar-refractivity contribution is 0.415. The van der Waals surface area contributed by atoms with Gasteiger partial charge in [-0.1, -0.05) is 35.9 Å². The predicted molar refractivity (Wildman–Crippen MR) is 123 cm³/mol. The Balaban J connectivity index is 1.77. The van der Waals surface area contributed by atoms with Crippen molar-refractivity contribution in [3.63, 3.8) is 0 Å². The normalized spacial score (nSPS) is 11.3. The molecule has 3 aromatic carbocycles. The van der Waals surface area contributed by atoms with Crippen molar-refractivity contribution < 1.29 is 13.2 Å². The van der Waals surface area contributed by atoms with E-state index >= 15 is 0 Å². The van der Waals surface area contributed by atoms with Crippen LogP contribution in [0.1, 0.15) is 5.56 Å². The Morgan fingerprint density at radius 1 is 0.903 bits per heavy atom. The van der Waals surface area contributed by atoms with Gasteiger partial charge in [0.2, 0.25) is 0 Å². The number of hydrogen-bond acceptors (Lipinski definition) is 6. The van der Waals surface area contributed by atoms with Crippen molar-refractivity contribution in [3.8, 4) is 5.75 Å². The Morgan fingerprint density at radius 3 is 2.26 bits per heavy atom. The number of benzene rings is 3. The van der Waals surface area contributed by atoms with Crippen LogP contribution in [0.4, 0.5) is 17.3 Å². The highest BCUT2D eigenvalue weighted by atomic mass is 35.5. The van der Waals surface area contributed by atoms with Crippen LogP contribution >= 0.6 is 11.6 Å². The molecule has 7 nitrogen and oxygen atoms in total. The van der Waals surface area contributed by atoms with E-state index in [1.165, 1.54) is 13.2 Å². The van der Waals surface area contributed by atoms with Crippen LogP contribution in [0.2, 0.25) is 5.02 Å². The largest absolute Gasteiger partial charge is 0.495 e. The SMILES string of the molecule is COc1ccc(Nc2nc3ccccc3nc2NS(=O)(=O)c2cccc(C)c2)cc1Cl. The van der Waals surface area contributed by atoms with Gasteiger partial charge in [-0.25, -0.2) is 18.4 Å². The van der Waals surface area contributed by atoms with Gasteiger partial charge in [0.15, 0.2) is 11.6 Å². The molecule has 0 spiro atoms. The predicted octanol–water partition coefficient (Wildman–Crippen LogP) is 5.14. The summed E-state index contributed by atoms with van der Waals surface area (Å²) in [7, 11) is -2.35. The summed E-state index contributed by atoms with van der Waals surface area (Å²) in [6.45, 7) is 1.83.